The zero-order valence-corrected chi connectivity index (χ0v) is 16.5. The molecule has 2 aromatic carbocycles. The number of aliphatic hydroxyl groups excluding tert-OH is 1. The second-order valence-corrected chi connectivity index (χ2v) is 8.20. The number of aliphatic hydroxyl groups is 1. The Balaban J connectivity index is 1.51. The van der Waals surface area contributed by atoms with Gasteiger partial charge in [0.05, 0.1) is 6.61 Å². The van der Waals surface area contributed by atoms with Crippen LogP contribution in [0.15, 0.2) is 47.0 Å². The average molecular weight is 410 g/mol. The highest BCUT2D eigenvalue weighted by molar-refractivity contribution is 6.30. The van der Waals surface area contributed by atoms with Crippen LogP contribution >= 0.6 is 11.6 Å². The molecule has 0 radical (unpaired) electrons. The summed E-state index contributed by atoms with van der Waals surface area (Å²) in [7, 11) is 0. The number of aromatic nitrogens is 2. The summed E-state index contributed by atoms with van der Waals surface area (Å²) in [6.45, 7) is 1.04. The van der Waals surface area contributed by atoms with Crippen LogP contribution in [0.2, 0.25) is 5.02 Å². The minimum Gasteiger partial charge on any atom is -0.395 e. The van der Waals surface area contributed by atoms with E-state index in [0.717, 1.165) is 24.0 Å². The van der Waals surface area contributed by atoms with Crippen LogP contribution in [0.4, 0.5) is 0 Å². The van der Waals surface area contributed by atoms with Crippen molar-refractivity contribution in [3.05, 3.63) is 58.6 Å². The van der Waals surface area contributed by atoms with Crippen molar-refractivity contribution in [2.24, 2.45) is 0 Å². The molecule has 3 aromatic rings. The number of hydrogen-bond acceptors (Lipinski definition) is 5. The van der Waals surface area contributed by atoms with Gasteiger partial charge in [-0.25, -0.2) is 0 Å². The number of fused-ring (bicyclic) bond motifs is 2. The van der Waals surface area contributed by atoms with Gasteiger partial charge >= 0.3 is 0 Å². The first-order valence-corrected chi connectivity index (χ1v) is 10.1. The smallest absolute Gasteiger partial charge is 0.258 e. The van der Waals surface area contributed by atoms with Crippen LogP contribution in [0.25, 0.3) is 22.8 Å². The Labute approximate surface area is 173 Å². The summed E-state index contributed by atoms with van der Waals surface area (Å²) in [5, 5.41) is 14.1. The van der Waals surface area contributed by atoms with Crippen molar-refractivity contribution in [3.8, 4) is 22.8 Å². The third-order valence-electron chi connectivity index (χ3n) is 6.05. The maximum Gasteiger partial charge on any atom is 0.258 e. The highest BCUT2D eigenvalue weighted by atomic mass is 35.5. The maximum absolute atomic E-state index is 12.4. The molecule has 1 spiro atoms. The number of β-amino-alcohol motifs (C(OH)–C–C–N with tert-alkyl or cyclic N) is 1. The van der Waals surface area contributed by atoms with Crippen LogP contribution in [0.1, 0.15) is 24.0 Å². The van der Waals surface area contributed by atoms with Crippen LogP contribution in [0.3, 0.4) is 0 Å². The molecule has 7 heteroatoms. The summed E-state index contributed by atoms with van der Waals surface area (Å²) in [4.78, 5) is 18.8. The predicted molar refractivity (Wildman–Crippen MR) is 108 cm³/mol. The molecular weight excluding hydrogens is 390 g/mol. The zero-order valence-electron chi connectivity index (χ0n) is 15.8. The normalized spacial score (nSPS) is 20.6. The van der Waals surface area contributed by atoms with E-state index in [0.29, 0.717) is 36.2 Å². The summed E-state index contributed by atoms with van der Waals surface area (Å²) < 4.78 is 5.49. The number of likely N-dealkylation sites (tertiary alicyclic amines) is 1. The number of carbonyl (C=O) groups is 1. The fourth-order valence-corrected chi connectivity index (χ4v) is 4.91. The molecule has 5 rings (SSSR count). The summed E-state index contributed by atoms with van der Waals surface area (Å²) in [5.74, 6) is 1.09. The summed E-state index contributed by atoms with van der Waals surface area (Å²) in [6, 6.07) is 13.4. The number of benzene rings is 2. The molecule has 29 heavy (non-hydrogen) atoms. The molecular formula is C22H20ClN3O3. The molecule has 0 unspecified atom stereocenters. The molecule has 1 amide bonds. The highest BCUT2D eigenvalue weighted by Gasteiger charge is 2.48. The van der Waals surface area contributed by atoms with Gasteiger partial charge in [-0.15, -0.1) is 0 Å². The number of carbonyl (C=O) groups excluding carboxylic acids is 1. The molecule has 2 aliphatic rings. The molecule has 2 heterocycles. The molecule has 6 nitrogen and oxygen atoms in total. The lowest BCUT2D eigenvalue weighted by molar-refractivity contribution is -0.128. The molecule has 1 atom stereocenters. The van der Waals surface area contributed by atoms with E-state index in [9.17, 15) is 9.90 Å². The standard InChI is InChI=1S/C22H20ClN3O3/c23-15-4-1-3-14(11-15)21-24-20(25-29-21)17-5-2-6-18-16(17)7-8-22(18)12-19(28)26(13-22)9-10-27/h1-6,11,27H,7-10,12-13H2/t22-/m1/s1. The van der Waals surface area contributed by atoms with Gasteiger partial charge in [-0.1, -0.05) is 41.0 Å². The topological polar surface area (TPSA) is 79.5 Å². The van der Waals surface area contributed by atoms with E-state index in [4.69, 9.17) is 16.1 Å². The summed E-state index contributed by atoms with van der Waals surface area (Å²) in [6.07, 6.45) is 2.27. The van der Waals surface area contributed by atoms with Crippen molar-refractivity contribution < 1.29 is 14.4 Å². The highest BCUT2D eigenvalue weighted by Crippen LogP contribution is 2.48. The Bertz CT molecular complexity index is 1100. The molecule has 0 saturated carbocycles. The number of halogens is 1. The first-order chi connectivity index (χ1) is 14.1. The second kappa shape index (κ2) is 6.97. The SMILES string of the molecule is O=C1C[C@]2(CCc3c(-c4noc(-c5cccc(Cl)c5)n4)cccc32)CN1CCO. The van der Waals surface area contributed by atoms with E-state index >= 15 is 0 Å². The van der Waals surface area contributed by atoms with Gasteiger partial charge in [0.1, 0.15) is 0 Å². The van der Waals surface area contributed by atoms with Gasteiger partial charge in [-0.2, -0.15) is 4.98 Å². The largest absolute Gasteiger partial charge is 0.395 e. The third kappa shape index (κ3) is 3.03. The lowest BCUT2D eigenvalue weighted by Gasteiger charge is -2.24. The molecule has 1 aliphatic carbocycles. The van der Waals surface area contributed by atoms with E-state index in [-0.39, 0.29) is 17.9 Å². The Morgan fingerprint density at radius 1 is 1.24 bits per heavy atom. The molecule has 1 saturated heterocycles. The van der Waals surface area contributed by atoms with Crippen LogP contribution in [-0.2, 0) is 16.6 Å². The van der Waals surface area contributed by atoms with Gasteiger partial charge in [-0.05, 0) is 42.2 Å². The Morgan fingerprint density at radius 2 is 2.10 bits per heavy atom. The first-order valence-electron chi connectivity index (χ1n) is 9.71. The van der Waals surface area contributed by atoms with Gasteiger partial charge < -0.3 is 14.5 Å². The quantitative estimate of drug-likeness (QED) is 0.713. The second-order valence-electron chi connectivity index (χ2n) is 7.76. The van der Waals surface area contributed by atoms with Crippen molar-refractivity contribution in [3.63, 3.8) is 0 Å². The van der Waals surface area contributed by atoms with E-state index in [2.05, 4.69) is 16.2 Å². The predicted octanol–water partition coefficient (Wildman–Crippen LogP) is 3.47. The fourth-order valence-electron chi connectivity index (χ4n) is 4.72. The number of rotatable bonds is 4. The van der Waals surface area contributed by atoms with Gasteiger partial charge in [0.15, 0.2) is 0 Å². The maximum atomic E-state index is 12.4. The van der Waals surface area contributed by atoms with Gasteiger partial charge in [0, 0.05) is 41.1 Å². The Hall–Kier alpha value is -2.70. The molecule has 1 aromatic heterocycles. The summed E-state index contributed by atoms with van der Waals surface area (Å²) >= 11 is 6.07. The Kier molecular flexibility index (Phi) is 4.41. The van der Waals surface area contributed by atoms with Crippen molar-refractivity contribution in [2.75, 3.05) is 19.7 Å². The van der Waals surface area contributed by atoms with E-state index in [1.165, 1.54) is 11.1 Å². The number of nitrogens with zero attached hydrogens (tertiary/aromatic N) is 3. The van der Waals surface area contributed by atoms with E-state index < -0.39 is 0 Å². The van der Waals surface area contributed by atoms with Crippen molar-refractivity contribution in [1.29, 1.82) is 0 Å². The van der Waals surface area contributed by atoms with Gasteiger partial charge in [0.2, 0.25) is 11.7 Å². The molecule has 0 bridgehead atoms. The lowest BCUT2D eigenvalue weighted by atomic mass is 9.80. The minimum atomic E-state index is -0.183. The molecule has 1 aliphatic heterocycles. The molecule has 148 valence electrons. The van der Waals surface area contributed by atoms with Crippen LogP contribution in [-0.4, -0.2) is 45.8 Å². The monoisotopic (exact) mass is 409 g/mol. The van der Waals surface area contributed by atoms with Crippen LogP contribution in [0.5, 0.6) is 0 Å². The average Bonchev–Trinajstić information content (AvgIpc) is 3.41. The molecule has 1 N–H and O–H groups in total. The van der Waals surface area contributed by atoms with Crippen molar-refractivity contribution in [2.45, 2.75) is 24.7 Å². The lowest BCUT2D eigenvalue weighted by Crippen LogP contribution is -2.32. The fraction of sp³-hybridized carbons (Fsp3) is 0.318. The molecule has 1 fully saturated rings. The van der Waals surface area contributed by atoms with Crippen LogP contribution < -0.4 is 0 Å². The van der Waals surface area contributed by atoms with Crippen molar-refractivity contribution in [1.82, 2.24) is 15.0 Å². The zero-order chi connectivity index (χ0) is 20.0. The third-order valence-corrected chi connectivity index (χ3v) is 6.28. The number of amides is 1. The van der Waals surface area contributed by atoms with E-state index in [1.54, 1.807) is 17.0 Å². The Morgan fingerprint density at radius 3 is 2.93 bits per heavy atom. The van der Waals surface area contributed by atoms with E-state index in [1.807, 2.05) is 24.3 Å². The minimum absolute atomic E-state index is 0.0101. The van der Waals surface area contributed by atoms with Gasteiger partial charge in [-0.3, -0.25) is 4.79 Å². The number of hydrogen-bond donors (Lipinski definition) is 1. The van der Waals surface area contributed by atoms with Crippen LogP contribution in [0, 0.1) is 0 Å². The van der Waals surface area contributed by atoms with Gasteiger partial charge in [0.25, 0.3) is 5.89 Å². The van der Waals surface area contributed by atoms with Crippen molar-refractivity contribution >= 4 is 17.5 Å². The first kappa shape index (κ1) is 18.3. The summed E-state index contributed by atoms with van der Waals surface area (Å²) in [5.41, 5.74) is 3.92.